The van der Waals surface area contributed by atoms with Crippen LogP contribution < -0.4 is 16.4 Å². The van der Waals surface area contributed by atoms with Crippen molar-refractivity contribution < 1.29 is 0 Å². The zero-order valence-electron chi connectivity index (χ0n) is 8.90. The highest BCUT2D eigenvalue weighted by Gasteiger charge is 2.01. The van der Waals surface area contributed by atoms with E-state index in [1.54, 1.807) is 18.4 Å². The average Bonchev–Trinajstić information content (AvgIpc) is 2.78. The number of nitrogens with zero attached hydrogens (tertiary/aromatic N) is 2. The van der Waals surface area contributed by atoms with Crippen LogP contribution in [0.3, 0.4) is 0 Å². The Bertz CT molecular complexity index is 454. The van der Waals surface area contributed by atoms with Crippen molar-refractivity contribution in [1.29, 1.82) is 0 Å². The fraction of sp³-hybridized carbons (Fsp3) is 0.200. The van der Waals surface area contributed by atoms with E-state index in [9.17, 15) is 0 Å². The molecule has 6 heteroatoms. The third-order valence-corrected chi connectivity index (χ3v) is 2.90. The summed E-state index contributed by atoms with van der Waals surface area (Å²) in [5, 5.41) is 8.18. The Balaban J connectivity index is 2.06. The van der Waals surface area contributed by atoms with Gasteiger partial charge in [0.2, 0.25) is 5.95 Å². The number of nitrogens with one attached hydrogen (secondary N) is 2. The van der Waals surface area contributed by atoms with Gasteiger partial charge in [0.25, 0.3) is 0 Å². The van der Waals surface area contributed by atoms with Gasteiger partial charge in [0.05, 0.1) is 6.54 Å². The van der Waals surface area contributed by atoms with E-state index in [2.05, 4.69) is 26.7 Å². The van der Waals surface area contributed by atoms with Gasteiger partial charge < -0.3 is 16.4 Å². The highest BCUT2D eigenvalue weighted by Crippen LogP contribution is 2.14. The number of aromatic nitrogens is 2. The van der Waals surface area contributed by atoms with Gasteiger partial charge in [0.1, 0.15) is 11.6 Å². The summed E-state index contributed by atoms with van der Waals surface area (Å²) >= 11 is 1.70. The lowest BCUT2D eigenvalue weighted by Crippen LogP contribution is -2.05. The van der Waals surface area contributed by atoms with Crippen LogP contribution in [0.1, 0.15) is 4.88 Å². The fourth-order valence-electron chi connectivity index (χ4n) is 1.28. The van der Waals surface area contributed by atoms with Gasteiger partial charge in [-0.3, -0.25) is 0 Å². The van der Waals surface area contributed by atoms with Gasteiger partial charge in [-0.15, -0.1) is 11.3 Å². The van der Waals surface area contributed by atoms with Gasteiger partial charge in [-0.2, -0.15) is 9.97 Å². The van der Waals surface area contributed by atoms with Crippen LogP contribution in [0.5, 0.6) is 0 Å². The number of nitrogen functional groups attached to an aromatic ring is 1. The predicted molar refractivity (Wildman–Crippen MR) is 67.6 cm³/mol. The minimum atomic E-state index is 0.264. The molecule has 0 saturated heterocycles. The molecule has 2 heterocycles. The highest BCUT2D eigenvalue weighted by atomic mass is 32.1. The monoisotopic (exact) mass is 235 g/mol. The summed E-state index contributed by atoms with van der Waals surface area (Å²) in [5.74, 6) is 1.70. The van der Waals surface area contributed by atoms with Crippen molar-refractivity contribution in [3.05, 3.63) is 28.5 Å². The molecule has 0 aliphatic rings. The summed E-state index contributed by atoms with van der Waals surface area (Å²) in [4.78, 5) is 9.37. The molecule has 2 aromatic rings. The molecule has 16 heavy (non-hydrogen) atoms. The molecular weight excluding hydrogens is 222 g/mol. The first kappa shape index (κ1) is 10.7. The van der Waals surface area contributed by atoms with E-state index in [0.29, 0.717) is 5.82 Å². The Hall–Kier alpha value is -1.82. The predicted octanol–water partition coefficient (Wildman–Crippen LogP) is 1.77. The Morgan fingerprint density at radius 1 is 1.38 bits per heavy atom. The number of nitrogens with two attached hydrogens (primary N) is 1. The summed E-state index contributed by atoms with van der Waals surface area (Å²) in [6.45, 7) is 0.747. The second kappa shape index (κ2) is 4.80. The minimum absolute atomic E-state index is 0.264. The second-order valence-corrected chi connectivity index (χ2v) is 4.21. The van der Waals surface area contributed by atoms with E-state index in [1.807, 2.05) is 17.5 Å². The molecular formula is C10H13N5S. The summed E-state index contributed by atoms with van der Waals surface area (Å²) in [5.41, 5.74) is 5.58. The van der Waals surface area contributed by atoms with E-state index >= 15 is 0 Å². The van der Waals surface area contributed by atoms with E-state index < -0.39 is 0 Å². The molecule has 0 radical (unpaired) electrons. The summed E-state index contributed by atoms with van der Waals surface area (Å²) in [6, 6.07) is 5.92. The van der Waals surface area contributed by atoms with Crippen molar-refractivity contribution in [3.63, 3.8) is 0 Å². The molecule has 0 bridgehead atoms. The molecule has 0 atom stereocenters. The van der Waals surface area contributed by atoms with Gasteiger partial charge in [-0.1, -0.05) is 6.07 Å². The number of hydrogen-bond donors (Lipinski definition) is 3. The van der Waals surface area contributed by atoms with Gasteiger partial charge in [0.15, 0.2) is 0 Å². The van der Waals surface area contributed by atoms with Crippen molar-refractivity contribution in [3.8, 4) is 0 Å². The standard InChI is InChI=1S/C10H13N5S/c1-12-8-5-9(15-10(11)14-8)13-6-7-3-2-4-16-7/h2-5H,6H2,1H3,(H4,11,12,13,14,15). The quantitative estimate of drug-likeness (QED) is 0.753. The van der Waals surface area contributed by atoms with Crippen molar-refractivity contribution in [2.24, 2.45) is 0 Å². The maximum Gasteiger partial charge on any atom is 0.223 e. The molecule has 0 saturated carbocycles. The maximum absolute atomic E-state index is 5.58. The zero-order valence-corrected chi connectivity index (χ0v) is 9.71. The lowest BCUT2D eigenvalue weighted by Gasteiger charge is -2.06. The summed E-state index contributed by atoms with van der Waals surface area (Å²) in [7, 11) is 1.80. The number of rotatable bonds is 4. The van der Waals surface area contributed by atoms with E-state index in [0.717, 1.165) is 12.4 Å². The van der Waals surface area contributed by atoms with Gasteiger partial charge in [-0.05, 0) is 11.4 Å². The molecule has 0 amide bonds. The van der Waals surface area contributed by atoms with E-state index in [-0.39, 0.29) is 5.95 Å². The van der Waals surface area contributed by atoms with Crippen LogP contribution >= 0.6 is 11.3 Å². The number of thiophene rings is 1. The van der Waals surface area contributed by atoms with Gasteiger partial charge in [-0.25, -0.2) is 0 Å². The first-order valence-corrected chi connectivity index (χ1v) is 5.74. The lowest BCUT2D eigenvalue weighted by atomic mass is 10.4. The van der Waals surface area contributed by atoms with Crippen LogP contribution in [0.4, 0.5) is 17.6 Å². The van der Waals surface area contributed by atoms with Crippen LogP contribution in [-0.2, 0) is 6.54 Å². The lowest BCUT2D eigenvalue weighted by molar-refractivity contribution is 1.11. The highest BCUT2D eigenvalue weighted by molar-refractivity contribution is 7.09. The Morgan fingerprint density at radius 2 is 2.19 bits per heavy atom. The molecule has 0 aromatic carbocycles. The van der Waals surface area contributed by atoms with Gasteiger partial charge >= 0.3 is 0 Å². The SMILES string of the molecule is CNc1cc(NCc2cccs2)nc(N)n1. The molecule has 0 aliphatic heterocycles. The van der Waals surface area contributed by atoms with Crippen molar-refractivity contribution in [2.45, 2.75) is 6.54 Å². The van der Waals surface area contributed by atoms with Gasteiger partial charge in [0, 0.05) is 18.0 Å². The molecule has 2 rings (SSSR count). The van der Waals surface area contributed by atoms with Crippen LogP contribution in [-0.4, -0.2) is 17.0 Å². The second-order valence-electron chi connectivity index (χ2n) is 3.18. The van der Waals surface area contributed by atoms with Crippen LogP contribution in [0, 0.1) is 0 Å². The Morgan fingerprint density at radius 3 is 2.88 bits per heavy atom. The topological polar surface area (TPSA) is 75.9 Å². The molecule has 0 aliphatic carbocycles. The van der Waals surface area contributed by atoms with Crippen molar-refractivity contribution in [1.82, 2.24) is 9.97 Å². The minimum Gasteiger partial charge on any atom is -0.373 e. The molecule has 5 nitrogen and oxygen atoms in total. The van der Waals surface area contributed by atoms with E-state index in [4.69, 9.17) is 5.73 Å². The first-order chi connectivity index (χ1) is 7.78. The molecule has 0 spiro atoms. The smallest absolute Gasteiger partial charge is 0.223 e. The fourth-order valence-corrected chi connectivity index (χ4v) is 1.92. The molecule has 2 aromatic heterocycles. The third-order valence-electron chi connectivity index (χ3n) is 2.02. The third kappa shape index (κ3) is 2.60. The van der Waals surface area contributed by atoms with Crippen molar-refractivity contribution >= 4 is 28.9 Å². The molecule has 0 unspecified atom stereocenters. The Labute approximate surface area is 97.7 Å². The Kier molecular flexibility index (Phi) is 3.21. The first-order valence-electron chi connectivity index (χ1n) is 4.86. The molecule has 4 N–H and O–H groups in total. The normalized spacial score (nSPS) is 10.1. The zero-order chi connectivity index (χ0) is 11.4. The number of anilines is 3. The van der Waals surface area contributed by atoms with Crippen molar-refractivity contribution in [2.75, 3.05) is 23.4 Å². The number of hydrogen-bond acceptors (Lipinski definition) is 6. The van der Waals surface area contributed by atoms with Crippen LogP contribution in [0.2, 0.25) is 0 Å². The molecule has 0 fully saturated rings. The molecule has 84 valence electrons. The summed E-state index contributed by atoms with van der Waals surface area (Å²) in [6.07, 6.45) is 0. The average molecular weight is 235 g/mol. The van der Waals surface area contributed by atoms with Crippen LogP contribution in [0.25, 0.3) is 0 Å². The largest absolute Gasteiger partial charge is 0.373 e. The maximum atomic E-state index is 5.58. The van der Waals surface area contributed by atoms with E-state index in [1.165, 1.54) is 4.88 Å². The summed E-state index contributed by atoms with van der Waals surface area (Å²) < 4.78 is 0. The van der Waals surface area contributed by atoms with Crippen LogP contribution in [0.15, 0.2) is 23.6 Å².